The summed E-state index contributed by atoms with van der Waals surface area (Å²) in [6.45, 7) is -2.86. The van der Waals surface area contributed by atoms with Crippen LogP contribution in [0.25, 0.3) is 0 Å². The summed E-state index contributed by atoms with van der Waals surface area (Å²) in [5.41, 5.74) is -0.647. The van der Waals surface area contributed by atoms with Crippen LogP contribution in [0, 0.1) is 0 Å². The van der Waals surface area contributed by atoms with Crippen molar-refractivity contribution in [3.63, 3.8) is 0 Å². The maximum atomic E-state index is 8.16. The van der Waals surface area contributed by atoms with Gasteiger partial charge in [0.1, 0.15) is 4.60 Å². The maximum Gasteiger partial charge on any atom is 0.128 e. The number of nitrogens with one attached hydrogen (secondary N) is 1. The molecule has 12 heavy (non-hydrogen) atoms. The van der Waals surface area contributed by atoms with Crippen molar-refractivity contribution >= 4 is 15.9 Å². The molecule has 0 aromatic carbocycles. The second-order valence-corrected chi connectivity index (χ2v) is 2.72. The van der Waals surface area contributed by atoms with Gasteiger partial charge in [-0.1, -0.05) is 0 Å². The van der Waals surface area contributed by atoms with Crippen LogP contribution in [0.5, 0.6) is 0 Å². The minimum Gasteiger partial charge on any atom is -0.309 e. The molecule has 0 saturated carbocycles. The van der Waals surface area contributed by atoms with Gasteiger partial charge in [-0.25, -0.2) is 0 Å². The monoisotopic (exact) mass is 236 g/mol. The van der Waals surface area contributed by atoms with Crippen LogP contribution in [0.3, 0.4) is 0 Å². The average Bonchev–Trinajstić information content (AvgIpc) is 2.43. The minimum absolute atomic E-state index is 0.0792. The van der Waals surface area contributed by atoms with Gasteiger partial charge in [-0.15, -0.1) is 5.10 Å². The van der Waals surface area contributed by atoms with Crippen molar-refractivity contribution in [1.29, 1.82) is 0 Å². The van der Waals surface area contributed by atoms with E-state index in [-0.39, 0.29) is 4.60 Å². The summed E-state index contributed by atoms with van der Waals surface area (Å²) in [4.78, 5) is 0. The van der Waals surface area contributed by atoms with E-state index in [2.05, 4.69) is 26.1 Å². The van der Waals surface area contributed by atoms with Crippen molar-refractivity contribution in [2.45, 2.75) is 18.8 Å². The topological polar surface area (TPSA) is 37.8 Å². The summed E-state index contributed by atoms with van der Waals surface area (Å²) in [5.74, 6) is 0. The van der Waals surface area contributed by atoms with Crippen LogP contribution in [0.1, 0.15) is 36.8 Å². The lowest BCUT2D eigenvalue weighted by Crippen LogP contribution is -2.14. The van der Waals surface area contributed by atoms with Crippen LogP contribution in [-0.4, -0.2) is 16.7 Å². The Balaban J connectivity index is 2.72. The largest absolute Gasteiger partial charge is 0.309 e. The number of rotatable bonds is 1. The molecule has 1 unspecified atom stereocenters. The maximum absolute atomic E-state index is 8.16. The van der Waals surface area contributed by atoms with E-state index in [9.17, 15) is 0 Å². The molecule has 1 atom stereocenters. The molecule has 1 fully saturated rings. The van der Waals surface area contributed by atoms with Crippen LogP contribution < -0.4 is 5.32 Å². The molecule has 0 spiro atoms. The van der Waals surface area contributed by atoms with Crippen molar-refractivity contribution in [2.24, 2.45) is 0 Å². The summed E-state index contributed by atoms with van der Waals surface area (Å²) < 4.78 is 69.5. The SMILES string of the molecule is [2H]c1c(Br)nnc(C2([2H])NC([2H])([2H])C([2H])([2H])C2([2H])[2H])c1[2H]. The molecule has 1 aromatic rings. The Labute approximate surface area is 92.4 Å². The van der Waals surface area contributed by atoms with Gasteiger partial charge in [-0.05, 0) is 47.3 Å². The second kappa shape index (κ2) is 3.49. The third kappa shape index (κ3) is 1.64. The van der Waals surface area contributed by atoms with E-state index in [1.54, 1.807) is 0 Å². The van der Waals surface area contributed by atoms with Crippen molar-refractivity contribution < 1.29 is 12.3 Å². The highest BCUT2D eigenvalue weighted by molar-refractivity contribution is 9.10. The second-order valence-electron chi connectivity index (χ2n) is 1.96. The highest BCUT2D eigenvalue weighted by Crippen LogP contribution is 2.20. The third-order valence-corrected chi connectivity index (χ3v) is 1.55. The molecule has 4 heteroatoms. The molecule has 0 radical (unpaired) electrons. The lowest BCUT2D eigenvalue weighted by molar-refractivity contribution is 0.615. The van der Waals surface area contributed by atoms with Crippen molar-refractivity contribution in [3.8, 4) is 0 Å². The lowest BCUT2D eigenvalue weighted by atomic mass is 10.1. The Kier molecular flexibility index (Phi) is 0.801. The summed E-state index contributed by atoms with van der Waals surface area (Å²) in [6, 6.07) is -3.77. The summed E-state index contributed by atoms with van der Waals surface area (Å²) >= 11 is 2.88. The first kappa shape index (κ1) is 2.75. The number of halogens is 1. The Bertz CT molecular complexity index is 607. The molecule has 0 aliphatic carbocycles. The first-order valence-corrected chi connectivity index (χ1v) is 3.88. The number of nitrogens with zero attached hydrogens (tertiary/aromatic N) is 2. The average molecular weight is 237 g/mol. The van der Waals surface area contributed by atoms with E-state index in [0.717, 1.165) is 0 Å². The van der Waals surface area contributed by atoms with Gasteiger partial charge in [-0.3, -0.25) is 0 Å². The molecular weight excluding hydrogens is 218 g/mol. The zero-order chi connectivity index (χ0) is 16.4. The van der Waals surface area contributed by atoms with Crippen LogP contribution in [0.15, 0.2) is 16.7 Å². The number of hydrogen-bond donors (Lipinski definition) is 1. The molecule has 1 aliphatic heterocycles. The molecule has 0 bridgehead atoms. The molecule has 2 heterocycles. The Hall–Kier alpha value is -0.480. The van der Waals surface area contributed by atoms with Gasteiger partial charge in [0.2, 0.25) is 0 Å². The molecule has 1 saturated heterocycles. The zero-order valence-corrected chi connectivity index (χ0v) is 7.36. The predicted molar refractivity (Wildman–Crippen MR) is 49.7 cm³/mol. The number of aromatic nitrogens is 2. The fourth-order valence-corrected chi connectivity index (χ4v) is 0.883. The summed E-state index contributed by atoms with van der Waals surface area (Å²) in [7, 11) is 0. The fourth-order valence-electron chi connectivity index (χ4n) is 0.704. The van der Waals surface area contributed by atoms with Gasteiger partial charge in [0.25, 0.3) is 0 Å². The highest BCUT2D eigenvalue weighted by Gasteiger charge is 2.17. The van der Waals surface area contributed by atoms with Gasteiger partial charge in [0.15, 0.2) is 0 Å². The molecule has 2 rings (SSSR count). The van der Waals surface area contributed by atoms with Crippen LogP contribution >= 0.6 is 15.9 Å². The first-order valence-electron chi connectivity index (χ1n) is 7.59. The first-order chi connectivity index (χ1) is 9.29. The van der Waals surface area contributed by atoms with E-state index in [1.165, 1.54) is 0 Å². The number of hydrogen-bond acceptors (Lipinski definition) is 3. The van der Waals surface area contributed by atoms with Crippen molar-refractivity contribution in [3.05, 3.63) is 22.4 Å². The highest BCUT2D eigenvalue weighted by atomic mass is 79.9. The van der Waals surface area contributed by atoms with E-state index < -0.39 is 43.0 Å². The third-order valence-electron chi connectivity index (χ3n) is 1.20. The van der Waals surface area contributed by atoms with Gasteiger partial charge in [0.05, 0.1) is 15.8 Å². The molecular formula is C8H10BrN3. The molecule has 3 nitrogen and oxygen atoms in total. The van der Waals surface area contributed by atoms with E-state index in [4.69, 9.17) is 12.3 Å². The van der Waals surface area contributed by atoms with Crippen molar-refractivity contribution in [2.75, 3.05) is 6.50 Å². The molecule has 0 amide bonds. The van der Waals surface area contributed by atoms with Crippen LogP contribution in [0.2, 0.25) is 0 Å². The Morgan fingerprint density at radius 1 is 1.75 bits per heavy atom. The normalized spacial score (nSPS) is 52.6. The summed E-state index contributed by atoms with van der Waals surface area (Å²) in [6.07, 6.45) is -6.10. The quantitative estimate of drug-likeness (QED) is 0.807. The standard InChI is InChI=1S/C8H10BrN3/c9-8-4-3-7(11-12-8)6-2-1-5-10-6/h3-4,6,10H,1-2,5H2/i1D2,2D2,3D,4D,5D2,6D. The van der Waals surface area contributed by atoms with E-state index in [1.807, 2.05) is 5.32 Å². The molecule has 1 N–H and O–H groups in total. The molecule has 1 aliphatic rings. The lowest BCUT2D eigenvalue weighted by Gasteiger charge is -2.07. The predicted octanol–water partition coefficient (Wildman–Crippen LogP) is 1.66. The Morgan fingerprint density at radius 2 is 2.67 bits per heavy atom. The van der Waals surface area contributed by atoms with Gasteiger partial charge in [0, 0.05) is 8.22 Å². The zero-order valence-electron chi connectivity index (χ0n) is 14.8. The van der Waals surface area contributed by atoms with Crippen LogP contribution in [0.4, 0.5) is 0 Å². The smallest absolute Gasteiger partial charge is 0.128 e. The summed E-state index contributed by atoms with van der Waals surface area (Å²) in [5, 5.41) is 8.89. The van der Waals surface area contributed by atoms with Gasteiger partial charge < -0.3 is 5.32 Å². The molecule has 1 aromatic heterocycles. The van der Waals surface area contributed by atoms with Gasteiger partial charge >= 0.3 is 0 Å². The molecule has 64 valence electrons. The van der Waals surface area contributed by atoms with Crippen molar-refractivity contribution in [1.82, 2.24) is 15.5 Å². The Morgan fingerprint density at radius 3 is 3.42 bits per heavy atom. The minimum atomic E-state index is -3.05. The van der Waals surface area contributed by atoms with Crippen LogP contribution in [-0.2, 0) is 0 Å². The van der Waals surface area contributed by atoms with E-state index in [0.29, 0.717) is 0 Å². The fraction of sp³-hybridized carbons (Fsp3) is 0.500. The van der Waals surface area contributed by atoms with Gasteiger partial charge in [-0.2, -0.15) is 5.10 Å². The van der Waals surface area contributed by atoms with E-state index >= 15 is 0 Å².